The van der Waals surface area contributed by atoms with Crippen LogP contribution in [0.25, 0.3) is 22.3 Å². The number of aromatic nitrogens is 8. The fraction of sp³-hybridized carbons (Fsp3) is 0.500. The lowest BCUT2D eigenvalue weighted by molar-refractivity contribution is -0.0481. The quantitative estimate of drug-likeness (QED) is 0.0496. The Hall–Kier alpha value is -2.98. The fourth-order valence-electron chi connectivity index (χ4n) is 5.43. The van der Waals surface area contributed by atoms with Crippen LogP contribution in [0, 0.1) is 0 Å². The van der Waals surface area contributed by atoms with Crippen molar-refractivity contribution in [3.05, 3.63) is 37.5 Å². The van der Waals surface area contributed by atoms with Gasteiger partial charge in [-0.3, -0.25) is 9.13 Å². The van der Waals surface area contributed by atoms with Gasteiger partial charge >= 0.3 is 14.5 Å². The highest BCUT2D eigenvalue weighted by atomic mass is 32.7. The highest BCUT2D eigenvalue weighted by Crippen LogP contribution is 2.42. The number of nitrogens with zero attached hydrogens (tertiary/aromatic N) is 8. The zero-order valence-corrected chi connectivity index (χ0v) is 28.1. The van der Waals surface area contributed by atoms with Gasteiger partial charge in [0.2, 0.25) is 0 Å². The lowest BCUT2D eigenvalue weighted by Gasteiger charge is -2.16. The summed E-state index contributed by atoms with van der Waals surface area (Å²) in [5.74, 6) is 0.837. The van der Waals surface area contributed by atoms with Crippen LogP contribution in [0.2, 0.25) is 0 Å². The zero-order valence-electron chi connectivity index (χ0n) is 24.5. The molecule has 0 amide bonds. The second-order valence-corrected chi connectivity index (χ2v) is 13.8. The first-order valence-corrected chi connectivity index (χ1v) is 18.9. The molecule has 4 aromatic rings. The fourth-order valence-corrected chi connectivity index (χ4v) is 6.96. The predicted octanol–water partition coefficient (Wildman–Crippen LogP) is 0.492. The van der Waals surface area contributed by atoms with Crippen LogP contribution in [-0.2, 0) is 27.7 Å². The third kappa shape index (κ3) is 7.02. The van der Waals surface area contributed by atoms with Gasteiger partial charge in [-0.15, -0.1) is 9.05 Å². The number of ether oxygens (including phenoxy) is 2. The number of thiol groups is 2. The van der Waals surface area contributed by atoms with E-state index in [-0.39, 0.29) is 0 Å². The van der Waals surface area contributed by atoms with Gasteiger partial charge in [0.25, 0.3) is 0 Å². The number of imidazole rings is 2. The van der Waals surface area contributed by atoms with E-state index in [4.69, 9.17) is 18.5 Å². The van der Waals surface area contributed by atoms with Crippen molar-refractivity contribution in [3.63, 3.8) is 0 Å². The van der Waals surface area contributed by atoms with Crippen LogP contribution in [0.3, 0.4) is 0 Å². The monoisotopic (exact) mass is 744 g/mol. The summed E-state index contributed by atoms with van der Waals surface area (Å²) in [4.78, 5) is 25.9. The Kier molecular flexibility index (Phi) is 11.1. The van der Waals surface area contributed by atoms with E-state index in [1.807, 2.05) is 12.2 Å². The normalized spacial score (nSPS) is 28.1. The molecule has 6 heterocycles. The van der Waals surface area contributed by atoms with Gasteiger partial charge in [0.1, 0.15) is 61.6 Å². The summed E-state index contributed by atoms with van der Waals surface area (Å²) in [5.41, 5.74) is 1.51. The molecule has 6 N–H and O–H groups in total. The number of hydrogen-bond donors (Lipinski definition) is 8. The van der Waals surface area contributed by atoms with Crippen molar-refractivity contribution in [2.75, 3.05) is 36.9 Å². The third-order valence-electron chi connectivity index (χ3n) is 7.62. The van der Waals surface area contributed by atoms with Crippen LogP contribution in [0.15, 0.2) is 37.5 Å². The Balaban J connectivity index is 1.09. The molecule has 6 rings (SSSR count). The summed E-state index contributed by atoms with van der Waals surface area (Å²) >= 11 is 7.56. The summed E-state index contributed by atoms with van der Waals surface area (Å²) in [7, 11) is -4.76. The minimum atomic E-state index is -2.38. The van der Waals surface area contributed by atoms with E-state index in [1.54, 1.807) is 0 Å². The first-order chi connectivity index (χ1) is 23.2. The predicted molar refractivity (Wildman–Crippen MR) is 174 cm³/mol. The molecular formula is C24H30N10O10P2S2+2. The molecule has 10 atom stereocenters. The van der Waals surface area contributed by atoms with Gasteiger partial charge < -0.3 is 40.5 Å². The number of aliphatic hydroxyl groups excluding tert-OH is 4. The van der Waals surface area contributed by atoms with Crippen LogP contribution in [-0.4, -0.2) is 122 Å². The average molecular weight is 745 g/mol. The van der Waals surface area contributed by atoms with Crippen LogP contribution in [0.5, 0.6) is 0 Å². The van der Waals surface area contributed by atoms with Gasteiger partial charge in [-0.05, 0) is 9.13 Å². The largest absolute Gasteiger partial charge is 0.582 e. The Morgan fingerprint density at radius 3 is 1.54 bits per heavy atom. The maximum absolute atomic E-state index is 11.7. The molecule has 0 spiro atoms. The first kappa shape index (κ1) is 34.9. The van der Waals surface area contributed by atoms with E-state index in [0.29, 0.717) is 47.1 Å². The second-order valence-electron chi connectivity index (χ2n) is 10.4. The molecule has 0 saturated carbocycles. The first-order valence-electron chi connectivity index (χ1n) is 14.2. The van der Waals surface area contributed by atoms with E-state index in [0.717, 1.165) is 0 Å². The van der Waals surface area contributed by atoms with Gasteiger partial charge in [0, 0.05) is 13.1 Å². The molecule has 2 fully saturated rings. The summed E-state index contributed by atoms with van der Waals surface area (Å²) in [6.45, 7) is -0.252. The Morgan fingerprint density at radius 2 is 1.17 bits per heavy atom. The molecule has 2 aliphatic heterocycles. The Bertz CT molecular complexity index is 1690. The summed E-state index contributed by atoms with van der Waals surface area (Å²) in [6, 6.07) is 0. The van der Waals surface area contributed by atoms with Crippen molar-refractivity contribution >= 4 is 72.9 Å². The van der Waals surface area contributed by atoms with Gasteiger partial charge in [0.15, 0.2) is 58.6 Å². The van der Waals surface area contributed by atoms with Crippen LogP contribution in [0.1, 0.15) is 12.5 Å². The number of anilines is 2. The molecule has 2 aliphatic rings. The molecule has 4 aromatic heterocycles. The van der Waals surface area contributed by atoms with Crippen molar-refractivity contribution in [2.24, 2.45) is 0 Å². The Morgan fingerprint density at radius 1 is 0.750 bits per heavy atom. The minimum absolute atomic E-state index is 0.353. The SMILES string of the molecule is O=[P+](S)O[C@@H]1[C@H](O)C(CO)O[C@H]1n1cnc2c(NC/C=C/CNc3ncnc4c3ncn4C3OC(CO)[C@@H](O)[C@H]3O[P+](=O)S)ncnc21. The molecule has 2 saturated heterocycles. The van der Waals surface area contributed by atoms with Crippen molar-refractivity contribution in [1.29, 1.82) is 0 Å². The average Bonchev–Trinajstić information content (AvgIpc) is 3.83. The van der Waals surface area contributed by atoms with Crippen LogP contribution in [0.4, 0.5) is 11.6 Å². The van der Waals surface area contributed by atoms with Crippen molar-refractivity contribution in [1.82, 2.24) is 39.0 Å². The van der Waals surface area contributed by atoms with Crippen LogP contribution >= 0.6 is 39.0 Å². The molecule has 0 aromatic carbocycles. The minimum Gasteiger partial charge on any atom is -0.394 e. The van der Waals surface area contributed by atoms with E-state index in [1.165, 1.54) is 34.4 Å². The van der Waals surface area contributed by atoms with Gasteiger partial charge in [-0.1, -0.05) is 12.2 Å². The number of fused-ring (bicyclic) bond motifs is 2. The van der Waals surface area contributed by atoms with E-state index in [9.17, 15) is 29.6 Å². The summed E-state index contributed by atoms with van der Waals surface area (Å²) in [5, 5.41) is 46.5. The molecule has 0 aliphatic carbocycles. The van der Waals surface area contributed by atoms with Crippen molar-refractivity contribution in [2.45, 2.75) is 49.1 Å². The topological polar surface area (TPSA) is 263 Å². The van der Waals surface area contributed by atoms with Gasteiger partial charge in [0.05, 0.1) is 25.9 Å². The maximum Gasteiger partial charge on any atom is 0.582 e. The molecular weight excluding hydrogens is 714 g/mol. The lowest BCUT2D eigenvalue weighted by Crippen LogP contribution is -2.34. The molecule has 0 radical (unpaired) electrons. The molecule has 0 bridgehead atoms. The number of aliphatic hydroxyl groups is 4. The standard InChI is InChI=1S/C24H28N10O10P2S2/c35-5-11-15(37)17(43-45(39)47)23(41-11)33-9-31-13-19(27-7-29-21(13)33)25-3-1-2-4-26-20-14-22(30-8-28-20)34(10-32-14)24-18(44-46(40)48)16(38)12(6-36)42-24/h1-2,7-12,15-18,23-24,35-38H,3-6H2,(H2-2,25,26,27,28,29,30,39,40,47,48)/p+2/b2-1+/t11?,12?,15-,16-,17-,18-,23-,24?/m1/s1. The number of hydrogen-bond acceptors (Lipinski definition) is 18. The zero-order chi connectivity index (χ0) is 33.9. The van der Waals surface area contributed by atoms with Crippen molar-refractivity contribution < 1.29 is 48.1 Å². The lowest BCUT2D eigenvalue weighted by atomic mass is 10.1. The van der Waals surface area contributed by atoms with E-state index >= 15 is 0 Å². The maximum atomic E-state index is 11.7. The van der Waals surface area contributed by atoms with Crippen LogP contribution < -0.4 is 10.6 Å². The molecule has 5 unspecified atom stereocenters. The summed E-state index contributed by atoms with van der Waals surface area (Å²) < 4.78 is 48.4. The highest BCUT2D eigenvalue weighted by Gasteiger charge is 2.51. The molecule has 256 valence electrons. The second kappa shape index (κ2) is 15.3. The van der Waals surface area contributed by atoms with E-state index < -0.39 is 76.8 Å². The van der Waals surface area contributed by atoms with Gasteiger partial charge in [-0.2, -0.15) is 0 Å². The molecule has 20 nitrogen and oxygen atoms in total. The molecule has 48 heavy (non-hydrogen) atoms. The molecule has 24 heteroatoms. The highest BCUT2D eigenvalue weighted by molar-refractivity contribution is 8.39. The van der Waals surface area contributed by atoms with Crippen molar-refractivity contribution in [3.8, 4) is 0 Å². The van der Waals surface area contributed by atoms with Gasteiger partial charge in [-0.25, -0.2) is 29.9 Å². The number of nitrogens with one attached hydrogen (secondary N) is 2. The third-order valence-corrected chi connectivity index (χ3v) is 9.03. The van der Waals surface area contributed by atoms with E-state index in [2.05, 4.69) is 65.0 Å². The summed E-state index contributed by atoms with van der Waals surface area (Å²) in [6.07, 6.45) is 0.573. The Labute approximate surface area is 283 Å². The smallest absolute Gasteiger partial charge is 0.394 e. The number of rotatable bonds is 14.